The molecule has 176 valence electrons. The molecule has 0 aliphatic heterocycles. The smallest absolute Gasteiger partial charge is 0.257 e. The minimum absolute atomic E-state index is 0.124. The Labute approximate surface area is 220 Å². The number of aryl methyl sites for hydroxylation is 1. The summed E-state index contributed by atoms with van der Waals surface area (Å²) in [6, 6.07) is 13.6. The molecule has 0 spiro atoms. The third-order valence-corrected chi connectivity index (χ3v) is 7.18. The second-order valence-electron chi connectivity index (χ2n) is 7.93. The first-order chi connectivity index (χ1) is 16.0. The van der Waals surface area contributed by atoms with E-state index in [4.69, 9.17) is 58.0 Å². The summed E-state index contributed by atoms with van der Waals surface area (Å²) < 4.78 is 12.1. The van der Waals surface area contributed by atoms with Crippen molar-refractivity contribution in [2.24, 2.45) is 5.92 Å². The van der Waals surface area contributed by atoms with Crippen LogP contribution >= 0.6 is 58.0 Å². The topological polar surface area (TPSA) is 58.2 Å². The van der Waals surface area contributed by atoms with Crippen molar-refractivity contribution in [2.45, 2.75) is 17.2 Å². The molecule has 2 unspecified atom stereocenters. The van der Waals surface area contributed by atoms with Crippen molar-refractivity contribution in [2.75, 3.05) is 10.6 Å². The number of carbonyl (C=O) groups excluding carboxylic acids is 2. The molecule has 0 saturated heterocycles. The number of amides is 2. The molecule has 4 rings (SSSR count). The van der Waals surface area contributed by atoms with Crippen LogP contribution in [0.5, 0.6) is 0 Å². The van der Waals surface area contributed by atoms with Gasteiger partial charge in [-0.3, -0.25) is 9.59 Å². The second-order valence-corrected chi connectivity index (χ2v) is 10.7. The van der Waals surface area contributed by atoms with Gasteiger partial charge in [0, 0.05) is 27.3 Å². The molecule has 2 N–H and O–H groups in total. The molecule has 34 heavy (non-hydrogen) atoms. The van der Waals surface area contributed by atoms with E-state index in [1.807, 2.05) is 0 Å². The molecule has 3 aromatic rings. The number of rotatable bonds is 5. The van der Waals surface area contributed by atoms with Gasteiger partial charge >= 0.3 is 0 Å². The zero-order chi connectivity index (χ0) is 24.8. The highest BCUT2D eigenvalue weighted by atomic mass is 35.5. The molecule has 0 heterocycles. The third-order valence-electron chi connectivity index (χ3n) is 5.47. The number of nitrogens with one attached hydrogen (secondary N) is 2. The Hall–Kier alpha value is -2.02. The number of halogens is 6. The predicted octanol–water partition coefficient (Wildman–Crippen LogP) is 7.87. The lowest BCUT2D eigenvalue weighted by atomic mass is 10.1. The maximum Gasteiger partial charge on any atom is 0.257 e. The van der Waals surface area contributed by atoms with E-state index >= 15 is 0 Å². The Balaban J connectivity index is 1.51. The lowest BCUT2D eigenvalue weighted by Gasteiger charge is -2.11. The van der Waals surface area contributed by atoms with Crippen LogP contribution in [0.2, 0.25) is 15.1 Å². The highest BCUT2D eigenvalue weighted by Crippen LogP contribution is 2.65. The average Bonchev–Trinajstić information content (AvgIpc) is 3.33. The Bertz CT molecular complexity index is 1290. The maximum atomic E-state index is 13.5. The lowest BCUT2D eigenvalue weighted by molar-refractivity contribution is -0.117. The van der Waals surface area contributed by atoms with Crippen molar-refractivity contribution < 1.29 is 14.0 Å². The predicted molar refractivity (Wildman–Crippen MR) is 136 cm³/mol. The normalized spacial score (nSPS) is 18.3. The fraction of sp³-hybridized carbons (Fsp3) is 0.167. The second kappa shape index (κ2) is 9.56. The zero-order valence-electron chi connectivity index (χ0n) is 17.4. The molecule has 1 aliphatic rings. The number of carbonyl (C=O) groups is 2. The molecule has 2 atom stereocenters. The van der Waals surface area contributed by atoms with Crippen molar-refractivity contribution in [3.05, 3.63) is 92.2 Å². The standard InChI is InChI=1S/C24H16Cl5FN2O2/c1-11-6-15(3-5-19(11)30)31-22(33)17-10-16(2-4-18(17)27)32-23(34)21-20(24(21,28)29)12-7-13(25)9-14(26)8-12/h2-10,20-21H,1H3,(H,31,33)(H,32,34). The summed E-state index contributed by atoms with van der Waals surface area (Å²) in [5.41, 5.74) is 1.89. The summed E-state index contributed by atoms with van der Waals surface area (Å²) in [5, 5.41) is 6.38. The molecule has 1 fully saturated rings. The molecule has 10 heteroatoms. The molecule has 0 aromatic heterocycles. The van der Waals surface area contributed by atoms with Gasteiger partial charge in [0.05, 0.1) is 16.5 Å². The summed E-state index contributed by atoms with van der Waals surface area (Å²) >= 11 is 31.1. The molecule has 0 bridgehead atoms. The van der Waals surface area contributed by atoms with Crippen molar-refractivity contribution >= 4 is 81.2 Å². The summed E-state index contributed by atoms with van der Waals surface area (Å²) in [7, 11) is 0. The monoisotopic (exact) mass is 558 g/mol. The van der Waals surface area contributed by atoms with Crippen LogP contribution in [0.3, 0.4) is 0 Å². The SMILES string of the molecule is Cc1cc(NC(=O)c2cc(NC(=O)C3C(c4cc(Cl)cc(Cl)c4)C3(Cl)Cl)ccc2Cl)ccc1F. The molecule has 4 nitrogen and oxygen atoms in total. The summed E-state index contributed by atoms with van der Waals surface area (Å²) in [4.78, 5) is 25.7. The van der Waals surface area contributed by atoms with E-state index in [2.05, 4.69) is 10.6 Å². The summed E-state index contributed by atoms with van der Waals surface area (Å²) in [6.45, 7) is 1.59. The van der Waals surface area contributed by atoms with Crippen LogP contribution in [-0.2, 0) is 4.79 Å². The van der Waals surface area contributed by atoms with Crippen LogP contribution in [0.1, 0.15) is 27.4 Å². The molecular weight excluding hydrogens is 545 g/mol. The van der Waals surface area contributed by atoms with Gasteiger partial charge in [0.2, 0.25) is 5.91 Å². The number of benzene rings is 3. The number of anilines is 2. The van der Waals surface area contributed by atoms with Gasteiger partial charge in [-0.1, -0.05) is 34.8 Å². The number of hydrogen-bond acceptors (Lipinski definition) is 2. The van der Waals surface area contributed by atoms with E-state index in [1.165, 1.54) is 30.3 Å². The van der Waals surface area contributed by atoms with Crippen LogP contribution in [0, 0.1) is 18.7 Å². The van der Waals surface area contributed by atoms with E-state index in [1.54, 1.807) is 31.2 Å². The molecule has 1 saturated carbocycles. The van der Waals surface area contributed by atoms with E-state index in [0.29, 0.717) is 32.5 Å². The molecule has 0 radical (unpaired) electrons. The zero-order valence-corrected chi connectivity index (χ0v) is 21.2. The Kier molecular flexibility index (Phi) is 7.05. The van der Waals surface area contributed by atoms with Gasteiger partial charge in [-0.15, -0.1) is 23.2 Å². The minimum Gasteiger partial charge on any atom is -0.326 e. The lowest BCUT2D eigenvalue weighted by Crippen LogP contribution is -2.18. The Morgan fingerprint density at radius 3 is 2.15 bits per heavy atom. The summed E-state index contributed by atoms with van der Waals surface area (Å²) in [5.74, 6) is -2.61. The fourth-order valence-electron chi connectivity index (χ4n) is 3.74. The van der Waals surface area contributed by atoms with Gasteiger partial charge in [0.1, 0.15) is 10.2 Å². The van der Waals surface area contributed by atoms with Crippen molar-refractivity contribution in [1.29, 1.82) is 0 Å². The van der Waals surface area contributed by atoms with Gasteiger partial charge in [-0.2, -0.15) is 0 Å². The molecule has 2 amide bonds. The van der Waals surface area contributed by atoms with Crippen molar-refractivity contribution in [3.8, 4) is 0 Å². The maximum absolute atomic E-state index is 13.5. The minimum atomic E-state index is -1.34. The number of hydrogen-bond donors (Lipinski definition) is 2. The van der Waals surface area contributed by atoms with Gasteiger partial charge in [-0.25, -0.2) is 4.39 Å². The van der Waals surface area contributed by atoms with Crippen LogP contribution in [0.15, 0.2) is 54.6 Å². The van der Waals surface area contributed by atoms with Crippen LogP contribution < -0.4 is 10.6 Å². The first kappa shape index (κ1) is 25.1. The van der Waals surface area contributed by atoms with Gasteiger partial charge in [0.25, 0.3) is 5.91 Å². The highest BCUT2D eigenvalue weighted by Gasteiger charge is 2.67. The largest absolute Gasteiger partial charge is 0.326 e. The molecule has 3 aromatic carbocycles. The van der Waals surface area contributed by atoms with E-state index in [-0.39, 0.29) is 16.4 Å². The Morgan fingerprint density at radius 1 is 0.882 bits per heavy atom. The van der Waals surface area contributed by atoms with Gasteiger partial charge in [-0.05, 0) is 72.6 Å². The van der Waals surface area contributed by atoms with Crippen LogP contribution in [0.4, 0.5) is 15.8 Å². The van der Waals surface area contributed by atoms with Crippen LogP contribution in [0.25, 0.3) is 0 Å². The summed E-state index contributed by atoms with van der Waals surface area (Å²) in [6.07, 6.45) is 0. The van der Waals surface area contributed by atoms with Gasteiger partial charge in [0.15, 0.2) is 0 Å². The van der Waals surface area contributed by atoms with Gasteiger partial charge < -0.3 is 10.6 Å². The quantitative estimate of drug-likeness (QED) is 0.312. The highest BCUT2D eigenvalue weighted by molar-refractivity contribution is 6.53. The van der Waals surface area contributed by atoms with E-state index in [9.17, 15) is 14.0 Å². The Morgan fingerprint density at radius 2 is 1.50 bits per heavy atom. The van der Waals surface area contributed by atoms with E-state index in [0.717, 1.165) is 0 Å². The average molecular weight is 561 g/mol. The third kappa shape index (κ3) is 5.14. The molecular formula is C24H16Cl5FN2O2. The van der Waals surface area contributed by atoms with Crippen molar-refractivity contribution in [3.63, 3.8) is 0 Å². The molecule has 1 aliphatic carbocycles. The van der Waals surface area contributed by atoms with Crippen LogP contribution in [-0.4, -0.2) is 16.1 Å². The van der Waals surface area contributed by atoms with Crippen molar-refractivity contribution in [1.82, 2.24) is 0 Å². The first-order valence-electron chi connectivity index (χ1n) is 9.99. The number of alkyl halides is 2. The fourth-order valence-corrected chi connectivity index (χ4v) is 5.31. The first-order valence-corrected chi connectivity index (χ1v) is 11.9. The van der Waals surface area contributed by atoms with E-state index < -0.39 is 28.0 Å².